The summed E-state index contributed by atoms with van der Waals surface area (Å²) in [6, 6.07) is 4.11. The molecule has 20 heavy (non-hydrogen) atoms. The lowest BCUT2D eigenvalue weighted by atomic mass is 9.96. The zero-order valence-electron chi connectivity index (χ0n) is 13.0. The number of benzene rings is 1. The van der Waals surface area contributed by atoms with Crippen molar-refractivity contribution in [3.8, 4) is 0 Å². The van der Waals surface area contributed by atoms with Crippen molar-refractivity contribution in [2.75, 3.05) is 13.1 Å². The third-order valence-corrected chi connectivity index (χ3v) is 3.39. The molecule has 0 radical (unpaired) electrons. The number of hydrogen-bond donors (Lipinski definition) is 1. The highest BCUT2D eigenvalue weighted by molar-refractivity contribution is 6.00. The number of primary amides is 1. The molecule has 2 N–H and O–H groups in total. The Morgan fingerprint density at radius 3 is 2.00 bits per heavy atom. The first-order valence-electron chi connectivity index (χ1n) is 6.85. The van der Waals surface area contributed by atoms with Crippen LogP contribution in [0, 0.1) is 20.8 Å². The summed E-state index contributed by atoms with van der Waals surface area (Å²) in [5.74, 6) is -0.376. The number of Topliss-reactive ketones (excluding diaryl/α,β-unsaturated/α-hetero) is 1. The van der Waals surface area contributed by atoms with Crippen LogP contribution in [0.5, 0.6) is 0 Å². The van der Waals surface area contributed by atoms with Crippen molar-refractivity contribution in [1.82, 2.24) is 4.90 Å². The van der Waals surface area contributed by atoms with E-state index in [4.69, 9.17) is 5.73 Å². The molecule has 0 spiro atoms. The fourth-order valence-electron chi connectivity index (χ4n) is 2.50. The molecule has 0 aromatic heterocycles. The van der Waals surface area contributed by atoms with Crippen LogP contribution in [0.4, 0.5) is 0 Å². The Balaban J connectivity index is 2.98. The number of carbonyl (C=O) groups excluding carboxylic acids is 2. The van der Waals surface area contributed by atoms with E-state index in [9.17, 15) is 9.59 Å². The summed E-state index contributed by atoms with van der Waals surface area (Å²) < 4.78 is 0. The van der Waals surface area contributed by atoms with Crippen LogP contribution in [-0.2, 0) is 4.79 Å². The molecule has 0 saturated carbocycles. The summed E-state index contributed by atoms with van der Waals surface area (Å²) in [4.78, 5) is 25.4. The molecule has 0 aliphatic carbocycles. The van der Waals surface area contributed by atoms with Gasteiger partial charge in [-0.25, -0.2) is 0 Å². The molecular formula is C16H24N2O2. The second-order valence-corrected chi connectivity index (χ2v) is 5.66. The van der Waals surface area contributed by atoms with Gasteiger partial charge in [-0.1, -0.05) is 17.7 Å². The average molecular weight is 276 g/mol. The van der Waals surface area contributed by atoms with Crippen LogP contribution in [0.2, 0.25) is 0 Å². The van der Waals surface area contributed by atoms with E-state index >= 15 is 0 Å². The highest BCUT2D eigenvalue weighted by atomic mass is 16.1. The fourth-order valence-corrected chi connectivity index (χ4v) is 2.50. The van der Waals surface area contributed by atoms with Crippen LogP contribution < -0.4 is 5.73 Å². The van der Waals surface area contributed by atoms with Gasteiger partial charge in [0.2, 0.25) is 5.91 Å². The number of nitrogens with two attached hydrogens (primary N) is 1. The number of nitrogens with zero attached hydrogens (tertiary/aromatic N) is 1. The van der Waals surface area contributed by atoms with E-state index in [1.165, 1.54) is 0 Å². The van der Waals surface area contributed by atoms with Gasteiger partial charge in [0.25, 0.3) is 0 Å². The van der Waals surface area contributed by atoms with E-state index < -0.39 is 5.91 Å². The summed E-state index contributed by atoms with van der Waals surface area (Å²) in [6.07, 6.45) is 0. The number of hydrogen-bond acceptors (Lipinski definition) is 3. The number of amides is 1. The molecular weight excluding hydrogens is 252 g/mol. The minimum atomic E-state index is -0.413. The summed E-state index contributed by atoms with van der Waals surface area (Å²) in [6.45, 7) is 10.1. The molecule has 1 aromatic rings. The molecule has 4 heteroatoms. The van der Waals surface area contributed by atoms with Crippen molar-refractivity contribution in [3.05, 3.63) is 34.4 Å². The van der Waals surface area contributed by atoms with Crippen molar-refractivity contribution in [1.29, 1.82) is 0 Å². The first-order valence-corrected chi connectivity index (χ1v) is 6.85. The lowest BCUT2D eigenvalue weighted by molar-refractivity contribution is -0.119. The quantitative estimate of drug-likeness (QED) is 0.808. The van der Waals surface area contributed by atoms with Crippen LogP contribution >= 0.6 is 0 Å². The minimum absolute atomic E-state index is 0.0370. The molecule has 0 bridgehead atoms. The Morgan fingerprint density at radius 2 is 1.60 bits per heavy atom. The predicted molar refractivity (Wildman–Crippen MR) is 80.9 cm³/mol. The topological polar surface area (TPSA) is 63.4 Å². The Hall–Kier alpha value is -1.68. The van der Waals surface area contributed by atoms with E-state index in [2.05, 4.69) is 0 Å². The third kappa shape index (κ3) is 4.17. The second kappa shape index (κ2) is 6.66. The zero-order chi connectivity index (χ0) is 15.4. The van der Waals surface area contributed by atoms with Gasteiger partial charge in [0, 0.05) is 11.6 Å². The van der Waals surface area contributed by atoms with Crippen LogP contribution in [-0.4, -0.2) is 35.7 Å². The van der Waals surface area contributed by atoms with Gasteiger partial charge in [-0.2, -0.15) is 0 Å². The molecule has 0 atom stereocenters. The number of rotatable bonds is 6. The molecule has 1 aromatic carbocycles. The van der Waals surface area contributed by atoms with Crippen LogP contribution in [0.3, 0.4) is 0 Å². The summed E-state index contributed by atoms with van der Waals surface area (Å²) in [5, 5.41) is 0. The van der Waals surface area contributed by atoms with Gasteiger partial charge in [-0.15, -0.1) is 0 Å². The molecule has 4 nitrogen and oxygen atoms in total. The predicted octanol–water partition coefficient (Wildman–Crippen LogP) is 1.99. The SMILES string of the molecule is Cc1cc(C)c(C(=O)CN(CC(N)=O)C(C)C)c(C)c1. The maximum absolute atomic E-state index is 12.5. The van der Waals surface area contributed by atoms with Crippen LogP contribution in [0.25, 0.3) is 0 Å². The largest absolute Gasteiger partial charge is 0.369 e. The molecule has 0 aliphatic rings. The number of carbonyl (C=O) groups is 2. The van der Waals surface area contributed by atoms with Gasteiger partial charge in [0.15, 0.2) is 5.78 Å². The average Bonchev–Trinajstić information content (AvgIpc) is 2.25. The molecule has 110 valence electrons. The lowest BCUT2D eigenvalue weighted by Gasteiger charge is -2.24. The first kappa shape index (κ1) is 16.4. The maximum atomic E-state index is 12.5. The number of aryl methyl sites for hydroxylation is 3. The molecule has 0 unspecified atom stereocenters. The van der Waals surface area contributed by atoms with E-state index in [1.807, 2.05) is 46.8 Å². The maximum Gasteiger partial charge on any atom is 0.231 e. The van der Waals surface area contributed by atoms with Crippen molar-refractivity contribution in [2.24, 2.45) is 5.73 Å². The van der Waals surface area contributed by atoms with E-state index in [1.54, 1.807) is 4.90 Å². The van der Waals surface area contributed by atoms with Gasteiger partial charge >= 0.3 is 0 Å². The highest BCUT2D eigenvalue weighted by Gasteiger charge is 2.19. The Labute approximate surface area is 121 Å². The Kier molecular flexibility index (Phi) is 5.45. The smallest absolute Gasteiger partial charge is 0.231 e. The molecule has 0 aliphatic heterocycles. The monoisotopic (exact) mass is 276 g/mol. The van der Waals surface area contributed by atoms with Gasteiger partial charge in [-0.3, -0.25) is 14.5 Å². The second-order valence-electron chi connectivity index (χ2n) is 5.66. The fraction of sp³-hybridized carbons (Fsp3) is 0.500. The van der Waals surface area contributed by atoms with E-state index in [0.717, 1.165) is 22.3 Å². The molecule has 0 heterocycles. The van der Waals surface area contributed by atoms with Crippen LogP contribution in [0.1, 0.15) is 40.9 Å². The molecule has 1 amide bonds. The molecule has 1 rings (SSSR count). The third-order valence-electron chi connectivity index (χ3n) is 3.39. The Morgan fingerprint density at radius 1 is 1.10 bits per heavy atom. The van der Waals surface area contributed by atoms with Crippen molar-refractivity contribution >= 4 is 11.7 Å². The van der Waals surface area contributed by atoms with E-state index in [-0.39, 0.29) is 24.9 Å². The van der Waals surface area contributed by atoms with Gasteiger partial charge in [-0.05, 0) is 45.7 Å². The minimum Gasteiger partial charge on any atom is -0.369 e. The van der Waals surface area contributed by atoms with Gasteiger partial charge in [0.05, 0.1) is 13.1 Å². The molecule has 0 saturated heterocycles. The van der Waals surface area contributed by atoms with Gasteiger partial charge in [0.1, 0.15) is 0 Å². The highest BCUT2D eigenvalue weighted by Crippen LogP contribution is 2.17. The van der Waals surface area contributed by atoms with Gasteiger partial charge < -0.3 is 5.73 Å². The Bertz CT molecular complexity index is 498. The summed E-state index contributed by atoms with van der Waals surface area (Å²) in [5.41, 5.74) is 9.10. The lowest BCUT2D eigenvalue weighted by Crippen LogP contribution is -2.41. The first-order chi connectivity index (χ1) is 9.22. The van der Waals surface area contributed by atoms with Crippen molar-refractivity contribution in [3.63, 3.8) is 0 Å². The van der Waals surface area contributed by atoms with Crippen molar-refractivity contribution < 1.29 is 9.59 Å². The number of ketones is 1. The summed E-state index contributed by atoms with van der Waals surface area (Å²) >= 11 is 0. The van der Waals surface area contributed by atoms with E-state index in [0.29, 0.717) is 0 Å². The molecule has 0 fully saturated rings. The standard InChI is InChI=1S/C16H24N2O2/c1-10(2)18(9-15(17)20)8-14(19)16-12(4)6-11(3)7-13(16)5/h6-7,10H,8-9H2,1-5H3,(H2,17,20). The zero-order valence-corrected chi connectivity index (χ0v) is 13.0. The normalized spacial score (nSPS) is 11.2. The summed E-state index contributed by atoms with van der Waals surface area (Å²) in [7, 11) is 0. The van der Waals surface area contributed by atoms with Crippen molar-refractivity contribution in [2.45, 2.75) is 40.7 Å². The van der Waals surface area contributed by atoms with Crippen LogP contribution in [0.15, 0.2) is 12.1 Å².